The molecule has 1 aromatic rings. The van der Waals surface area contributed by atoms with Crippen molar-refractivity contribution in [3.05, 3.63) is 29.8 Å². The molecule has 8 nitrogen and oxygen atoms in total. The fourth-order valence-corrected chi connectivity index (χ4v) is 1.22. The van der Waals surface area contributed by atoms with E-state index in [1.54, 1.807) is 6.07 Å². The van der Waals surface area contributed by atoms with Crippen molar-refractivity contribution in [2.45, 2.75) is 0 Å². The maximum absolute atomic E-state index is 11.4. The Morgan fingerprint density at radius 1 is 1.32 bits per heavy atom. The van der Waals surface area contributed by atoms with Crippen LogP contribution in [0.3, 0.4) is 0 Å². The van der Waals surface area contributed by atoms with E-state index in [0.717, 1.165) is 0 Å². The summed E-state index contributed by atoms with van der Waals surface area (Å²) in [6, 6.07) is 5.24. The van der Waals surface area contributed by atoms with Crippen molar-refractivity contribution in [2.75, 3.05) is 18.5 Å². The number of carboxylic acids is 1. The molecule has 0 aromatic heterocycles. The predicted octanol–water partition coefficient (Wildman–Crippen LogP) is 0.602. The number of ether oxygens (including phenoxy) is 1. The quantitative estimate of drug-likeness (QED) is 0.580. The standard InChI is InChI=1S/C11H13N3O5/c12-10(17)19-5-4-13-11(18)14-8-3-1-2-7(6-8)9(15)16/h1-3,6H,4-5H2,(H2,12,17)(H,15,16)(H2,13,14,18). The van der Waals surface area contributed by atoms with Crippen LogP contribution in [-0.2, 0) is 4.74 Å². The van der Waals surface area contributed by atoms with E-state index >= 15 is 0 Å². The lowest BCUT2D eigenvalue weighted by molar-refractivity contribution is 0.0697. The molecule has 19 heavy (non-hydrogen) atoms. The zero-order valence-corrected chi connectivity index (χ0v) is 9.88. The Morgan fingerprint density at radius 3 is 2.68 bits per heavy atom. The average Bonchev–Trinajstić information content (AvgIpc) is 2.34. The van der Waals surface area contributed by atoms with Gasteiger partial charge in [0.15, 0.2) is 0 Å². The van der Waals surface area contributed by atoms with Crippen LogP contribution in [0.25, 0.3) is 0 Å². The molecule has 1 aromatic carbocycles. The van der Waals surface area contributed by atoms with Gasteiger partial charge in [0.2, 0.25) is 0 Å². The summed E-state index contributed by atoms with van der Waals surface area (Å²) in [5, 5.41) is 13.6. The monoisotopic (exact) mass is 267 g/mol. The second kappa shape index (κ2) is 6.84. The van der Waals surface area contributed by atoms with Gasteiger partial charge in [0, 0.05) is 5.69 Å². The maximum atomic E-state index is 11.4. The first-order chi connectivity index (χ1) is 8.99. The molecule has 0 radical (unpaired) electrons. The van der Waals surface area contributed by atoms with E-state index in [0.29, 0.717) is 5.69 Å². The number of carboxylic acid groups (broad SMARTS) is 1. The van der Waals surface area contributed by atoms with Crippen LogP contribution in [0.4, 0.5) is 15.3 Å². The number of hydrogen-bond donors (Lipinski definition) is 4. The molecule has 3 amide bonds. The summed E-state index contributed by atoms with van der Waals surface area (Å²) in [5.41, 5.74) is 5.14. The van der Waals surface area contributed by atoms with Crippen LogP contribution >= 0.6 is 0 Å². The number of anilines is 1. The van der Waals surface area contributed by atoms with Gasteiger partial charge < -0.3 is 26.2 Å². The molecule has 0 bridgehead atoms. The summed E-state index contributed by atoms with van der Waals surface area (Å²) >= 11 is 0. The smallest absolute Gasteiger partial charge is 0.404 e. The zero-order chi connectivity index (χ0) is 14.3. The van der Waals surface area contributed by atoms with E-state index in [4.69, 9.17) is 10.8 Å². The molecular formula is C11H13N3O5. The molecule has 0 aliphatic carbocycles. The van der Waals surface area contributed by atoms with Crippen LogP contribution in [-0.4, -0.2) is 36.4 Å². The van der Waals surface area contributed by atoms with Crippen LogP contribution in [0.15, 0.2) is 24.3 Å². The second-order valence-electron chi connectivity index (χ2n) is 3.43. The molecule has 0 heterocycles. The summed E-state index contributed by atoms with van der Waals surface area (Å²) in [4.78, 5) is 32.4. The molecule has 0 aliphatic heterocycles. The minimum atomic E-state index is -1.08. The SMILES string of the molecule is NC(=O)OCCNC(=O)Nc1cccc(C(=O)O)c1. The van der Waals surface area contributed by atoms with Crippen LogP contribution in [0, 0.1) is 0 Å². The van der Waals surface area contributed by atoms with Crippen molar-refractivity contribution in [1.82, 2.24) is 5.32 Å². The van der Waals surface area contributed by atoms with Gasteiger partial charge in [-0.15, -0.1) is 0 Å². The van der Waals surface area contributed by atoms with Crippen LogP contribution in [0.5, 0.6) is 0 Å². The van der Waals surface area contributed by atoms with Gasteiger partial charge in [-0.05, 0) is 18.2 Å². The normalized spacial score (nSPS) is 9.47. The highest BCUT2D eigenvalue weighted by Gasteiger charge is 2.05. The largest absolute Gasteiger partial charge is 0.478 e. The van der Waals surface area contributed by atoms with E-state index in [1.807, 2.05) is 0 Å². The van der Waals surface area contributed by atoms with E-state index in [1.165, 1.54) is 18.2 Å². The van der Waals surface area contributed by atoms with E-state index < -0.39 is 18.1 Å². The predicted molar refractivity (Wildman–Crippen MR) is 66.0 cm³/mol. The third-order valence-corrected chi connectivity index (χ3v) is 2.00. The highest BCUT2D eigenvalue weighted by atomic mass is 16.5. The third kappa shape index (κ3) is 5.39. The number of carbonyl (C=O) groups excluding carboxylic acids is 2. The van der Waals surface area contributed by atoms with Crippen LogP contribution < -0.4 is 16.4 Å². The molecule has 1 rings (SSSR count). The van der Waals surface area contributed by atoms with Crippen molar-refractivity contribution in [3.63, 3.8) is 0 Å². The van der Waals surface area contributed by atoms with E-state index in [-0.39, 0.29) is 18.7 Å². The van der Waals surface area contributed by atoms with Crippen LogP contribution in [0.2, 0.25) is 0 Å². The Bertz CT molecular complexity index is 489. The average molecular weight is 267 g/mol. The number of carbonyl (C=O) groups is 3. The van der Waals surface area contributed by atoms with Gasteiger partial charge in [-0.2, -0.15) is 0 Å². The van der Waals surface area contributed by atoms with Crippen molar-refractivity contribution in [2.24, 2.45) is 5.73 Å². The zero-order valence-electron chi connectivity index (χ0n) is 9.88. The first-order valence-corrected chi connectivity index (χ1v) is 5.29. The number of urea groups is 1. The second-order valence-corrected chi connectivity index (χ2v) is 3.43. The van der Waals surface area contributed by atoms with Gasteiger partial charge in [-0.25, -0.2) is 14.4 Å². The first-order valence-electron chi connectivity index (χ1n) is 5.29. The Kier molecular flexibility index (Phi) is 5.15. The Labute approximate surface area is 108 Å². The minimum Gasteiger partial charge on any atom is -0.478 e. The molecule has 0 saturated heterocycles. The number of rotatable bonds is 5. The number of hydrogen-bond acceptors (Lipinski definition) is 4. The van der Waals surface area contributed by atoms with Crippen LogP contribution in [0.1, 0.15) is 10.4 Å². The Hall–Kier alpha value is -2.77. The number of benzene rings is 1. The summed E-state index contributed by atoms with van der Waals surface area (Å²) in [7, 11) is 0. The molecule has 0 unspecified atom stereocenters. The Balaban J connectivity index is 2.42. The van der Waals surface area contributed by atoms with Gasteiger partial charge in [0.1, 0.15) is 6.61 Å². The van der Waals surface area contributed by atoms with Crippen molar-refractivity contribution in [1.29, 1.82) is 0 Å². The Morgan fingerprint density at radius 2 is 2.05 bits per heavy atom. The lowest BCUT2D eigenvalue weighted by Gasteiger charge is -2.08. The van der Waals surface area contributed by atoms with Gasteiger partial charge >= 0.3 is 18.1 Å². The lowest BCUT2D eigenvalue weighted by atomic mass is 10.2. The van der Waals surface area contributed by atoms with E-state index in [2.05, 4.69) is 15.4 Å². The van der Waals surface area contributed by atoms with Gasteiger partial charge in [-0.3, -0.25) is 0 Å². The molecule has 0 aliphatic rings. The highest BCUT2D eigenvalue weighted by molar-refractivity contribution is 5.93. The van der Waals surface area contributed by atoms with Crippen molar-refractivity contribution in [3.8, 4) is 0 Å². The topological polar surface area (TPSA) is 131 Å². The summed E-state index contributed by atoms with van der Waals surface area (Å²) in [6.07, 6.45) is -0.920. The number of nitrogens with one attached hydrogen (secondary N) is 2. The molecular weight excluding hydrogens is 254 g/mol. The van der Waals surface area contributed by atoms with Crippen molar-refractivity contribution >= 4 is 23.8 Å². The summed E-state index contributed by atoms with van der Waals surface area (Å²) in [5.74, 6) is -1.08. The van der Waals surface area contributed by atoms with E-state index in [9.17, 15) is 14.4 Å². The molecule has 0 fully saturated rings. The molecule has 102 valence electrons. The fraction of sp³-hybridized carbons (Fsp3) is 0.182. The molecule has 0 saturated carbocycles. The van der Waals surface area contributed by atoms with Crippen molar-refractivity contribution < 1.29 is 24.2 Å². The lowest BCUT2D eigenvalue weighted by Crippen LogP contribution is -2.32. The number of amides is 3. The van der Waals surface area contributed by atoms with Gasteiger partial charge in [0.25, 0.3) is 0 Å². The first kappa shape index (κ1) is 14.3. The van der Waals surface area contributed by atoms with Gasteiger partial charge in [-0.1, -0.05) is 6.07 Å². The maximum Gasteiger partial charge on any atom is 0.404 e. The molecule has 0 spiro atoms. The molecule has 8 heteroatoms. The van der Waals surface area contributed by atoms with Gasteiger partial charge in [0.05, 0.1) is 12.1 Å². The third-order valence-electron chi connectivity index (χ3n) is 2.00. The number of nitrogens with two attached hydrogens (primary N) is 1. The molecule has 0 atom stereocenters. The number of aromatic carboxylic acids is 1. The minimum absolute atomic E-state index is 0.0437. The number of primary amides is 1. The summed E-state index contributed by atoms with van der Waals surface area (Å²) < 4.78 is 4.41. The fourth-order valence-electron chi connectivity index (χ4n) is 1.22. The highest BCUT2D eigenvalue weighted by Crippen LogP contribution is 2.10. The summed E-state index contributed by atoms with van der Waals surface area (Å²) in [6.45, 7) is 0.0469. The molecule has 5 N–H and O–H groups in total.